The first-order valence-corrected chi connectivity index (χ1v) is 18.2. The Morgan fingerprint density at radius 3 is 2.13 bits per heavy atom. The number of amides is 1. The van der Waals surface area contributed by atoms with Crippen molar-refractivity contribution in [2.75, 3.05) is 38.3 Å². The van der Waals surface area contributed by atoms with Gasteiger partial charge in [-0.2, -0.15) is 9.97 Å². The molecule has 3 aliphatic rings. The topological polar surface area (TPSA) is 86.3 Å². The summed E-state index contributed by atoms with van der Waals surface area (Å²) >= 11 is 0. The number of anilines is 1. The first-order chi connectivity index (χ1) is 20.7. The highest BCUT2D eigenvalue weighted by molar-refractivity contribution is 6.74. The fourth-order valence-corrected chi connectivity index (χ4v) is 6.90. The molecule has 3 unspecified atom stereocenters. The summed E-state index contributed by atoms with van der Waals surface area (Å²) in [6.45, 7) is 15.4. The van der Waals surface area contributed by atoms with Gasteiger partial charge in [0.25, 0.3) is 5.92 Å². The molecule has 14 heteroatoms. The summed E-state index contributed by atoms with van der Waals surface area (Å²) in [5.41, 5.74) is -2.50. The zero-order chi connectivity index (χ0) is 33.3. The Morgan fingerprint density at radius 1 is 1.02 bits per heavy atom. The maximum atomic E-state index is 15.3. The molecule has 1 aromatic carbocycles. The summed E-state index contributed by atoms with van der Waals surface area (Å²) in [5.74, 6) is -5.03. The summed E-state index contributed by atoms with van der Waals surface area (Å²) in [6.07, 6.45) is 0.575. The number of carbonyl (C=O) groups is 1. The first kappa shape index (κ1) is 33.5. The minimum atomic E-state index is -3.01. The maximum Gasteiger partial charge on any atom is 0.410 e. The van der Waals surface area contributed by atoms with Crippen LogP contribution in [0.4, 0.5) is 28.2 Å². The molecule has 0 N–H and O–H groups in total. The number of fused-ring (bicyclic) bond motifs is 3. The third kappa shape index (κ3) is 6.28. The van der Waals surface area contributed by atoms with Crippen LogP contribution in [-0.4, -0.2) is 86.3 Å². The molecule has 0 radical (unpaired) electrons. The van der Waals surface area contributed by atoms with E-state index in [0.29, 0.717) is 32.0 Å². The predicted octanol–water partition coefficient (Wildman–Crippen LogP) is 6.93. The van der Waals surface area contributed by atoms with Gasteiger partial charge in [-0.25, -0.2) is 22.4 Å². The Balaban J connectivity index is 1.46. The Labute approximate surface area is 262 Å². The van der Waals surface area contributed by atoms with E-state index in [1.165, 1.54) is 7.11 Å². The molecule has 1 aliphatic carbocycles. The van der Waals surface area contributed by atoms with Crippen LogP contribution in [0.25, 0.3) is 10.9 Å². The SMILES string of the molecule is COc1c(F)cc(F)c2nc(OCC3(CO[Si](C)(C)C(C)(C)C)CC3(F)F)nc(N3CC4CCC(C3)N4C(=O)OC(C)(C)C)c12. The molecule has 3 heterocycles. The standard InChI is InChI=1S/C31H44F4N4O5Si/c1-28(2,3)44-27(40)39-18-10-11-19(39)14-38(13-18)25-22-23(20(32)12-21(33)24(22)41-7)36-26(37-25)42-16-30(15-31(30,34)35)17-43-45(8,9)29(4,5)6/h12,18-19H,10-11,13-17H2,1-9H3. The lowest BCUT2D eigenvalue weighted by Gasteiger charge is -2.42. The molecule has 2 aliphatic heterocycles. The molecular weight excluding hydrogens is 612 g/mol. The van der Waals surface area contributed by atoms with Crippen LogP contribution in [0.2, 0.25) is 18.1 Å². The van der Waals surface area contributed by atoms with Crippen LogP contribution in [0.15, 0.2) is 6.07 Å². The number of carbonyl (C=O) groups excluding carboxylic acids is 1. The molecule has 0 spiro atoms. The Kier molecular flexibility index (Phi) is 8.28. The fraction of sp³-hybridized carbons (Fsp3) is 0.710. The van der Waals surface area contributed by atoms with Crippen LogP contribution in [0.5, 0.6) is 11.8 Å². The van der Waals surface area contributed by atoms with Crippen molar-refractivity contribution in [2.45, 2.75) is 103 Å². The van der Waals surface area contributed by atoms with E-state index >= 15 is 4.39 Å². The van der Waals surface area contributed by atoms with Crippen molar-refractivity contribution in [1.29, 1.82) is 0 Å². The number of aromatic nitrogens is 2. The zero-order valence-electron chi connectivity index (χ0n) is 27.5. The minimum Gasteiger partial charge on any atom is -0.493 e. The van der Waals surface area contributed by atoms with Gasteiger partial charge in [0, 0.05) is 32.2 Å². The van der Waals surface area contributed by atoms with Gasteiger partial charge >= 0.3 is 12.1 Å². The second kappa shape index (κ2) is 11.1. The monoisotopic (exact) mass is 656 g/mol. The molecule has 9 nitrogen and oxygen atoms in total. The number of rotatable bonds is 8. The molecule has 2 aromatic rings. The van der Waals surface area contributed by atoms with E-state index in [1.807, 2.05) is 38.8 Å². The first-order valence-electron chi connectivity index (χ1n) is 15.3. The largest absolute Gasteiger partial charge is 0.493 e. The van der Waals surface area contributed by atoms with Gasteiger partial charge < -0.3 is 23.5 Å². The average Bonchev–Trinajstić information content (AvgIpc) is 3.35. The summed E-state index contributed by atoms with van der Waals surface area (Å²) in [7, 11) is -1.07. The fourth-order valence-electron chi connectivity index (χ4n) is 5.83. The van der Waals surface area contributed by atoms with Gasteiger partial charge in [0.1, 0.15) is 23.5 Å². The summed E-state index contributed by atoms with van der Waals surface area (Å²) in [6, 6.07) is -0.131. The summed E-state index contributed by atoms with van der Waals surface area (Å²) in [4.78, 5) is 25.3. The third-order valence-corrected chi connectivity index (χ3v) is 14.1. The number of alkyl halides is 2. The number of hydrogen-bond donors (Lipinski definition) is 0. The van der Waals surface area contributed by atoms with Crippen LogP contribution < -0.4 is 14.4 Å². The molecule has 1 amide bonds. The molecule has 250 valence electrons. The number of ether oxygens (including phenoxy) is 3. The van der Waals surface area contributed by atoms with Crippen molar-refractivity contribution in [3.05, 3.63) is 17.7 Å². The van der Waals surface area contributed by atoms with E-state index < -0.39 is 56.0 Å². The number of halogens is 4. The van der Waals surface area contributed by atoms with Gasteiger partial charge in [-0.3, -0.25) is 4.90 Å². The third-order valence-electron chi connectivity index (χ3n) is 9.59. The molecule has 5 rings (SSSR count). The van der Waals surface area contributed by atoms with Crippen molar-refractivity contribution >= 4 is 31.1 Å². The Hall–Kier alpha value is -2.87. The molecular formula is C31H44F4N4O5Si. The van der Waals surface area contributed by atoms with Gasteiger partial charge in [-0.05, 0) is 51.7 Å². The summed E-state index contributed by atoms with van der Waals surface area (Å²) < 4.78 is 82.8. The molecule has 1 saturated carbocycles. The van der Waals surface area contributed by atoms with Crippen LogP contribution in [0, 0.1) is 17.0 Å². The summed E-state index contributed by atoms with van der Waals surface area (Å²) in [5, 5.41) is -0.172. The van der Waals surface area contributed by atoms with E-state index in [2.05, 4.69) is 9.97 Å². The lowest BCUT2D eigenvalue weighted by molar-refractivity contribution is 0.0117. The highest BCUT2D eigenvalue weighted by Gasteiger charge is 2.72. The smallest absolute Gasteiger partial charge is 0.410 e. The lowest BCUT2D eigenvalue weighted by atomic mass is 10.1. The highest BCUT2D eigenvalue weighted by Crippen LogP contribution is 2.61. The van der Waals surface area contributed by atoms with Crippen LogP contribution in [0.3, 0.4) is 0 Å². The lowest BCUT2D eigenvalue weighted by Crippen LogP contribution is -2.57. The molecule has 2 saturated heterocycles. The van der Waals surface area contributed by atoms with Crippen molar-refractivity contribution in [2.24, 2.45) is 5.41 Å². The second-order valence-electron chi connectivity index (χ2n) is 15.1. The van der Waals surface area contributed by atoms with Gasteiger partial charge in [0.05, 0.1) is 30.0 Å². The second-order valence-corrected chi connectivity index (χ2v) is 19.9. The molecule has 45 heavy (non-hydrogen) atoms. The van der Waals surface area contributed by atoms with Gasteiger partial charge in [-0.1, -0.05) is 20.8 Å². The number of hydrogen-bond acceptors (Lipinski definition) is 8. The number of piperazine rings is 1. The molecule has 2 bridgehead atoms. The average molecular weight is 657 g/mol. The number of benzene rings is 1. The van der Waals surface area contributed by atoms with Crippen LogP contribution >= 0.6 is 0 Å². The predicted molar refractivity (Wildman–Crippen MR) is 164 cm³/mol. The van der Waals surface area contributed by atoms with Crippen LogP contribution in [0.1, 0.15) is 60.8 Å². The Bertz CT molecular complexity index is 1470. The molecule has 1 aromatic heterocycles. The van der Waals surface area contributed by atoms with E-state index in [9.17, 15) is 18.0 Å². The van der Waals surface area contributed by atoms with Gasteiger partial charge in [-0.15, -0.1) is 0 Å². The van der Waals surface area contributed by atoms with E-state index in [0.717, 1.165) is 0 Å². The van der Waals surface area contributed by atoms with Crippen molar-refractivity contribution < 1.29 is 41.0 Å². The van der Waals surface area contributed by atoms with E-state index in [-0.39, 0.29) is 52.2 Å². The quantitative estimate of drug-likeness (QED) is 0.223. The van der Waals surface area contributed by atoms with Crippen molar-refractivity contribution in [3.8, 4) is 11.8 Å². The normalized spacial score (nSPS) is 24.6. The number of methoxy groups -OCH3 is 1. The maximum absolute atomic E-state index is 15.3. The van der Waals surface area contributed by atoms with Crippen molar-refractivity contribution in [3.63, 3.8) is 0 Å². The van der Waals surface area contributed by atoms with E-state index in [4.69, 9.17) is 18.6 Å². The number of nitrogens with zero attached hydrogens (tertiary/aromatic N) is 4. The van der Waals surface area contributed by atoms with Crippen molar-refractivity contribution in [1.82, 2.24) is 14.9 Å². The highest BCUT2D eigenvalue weighted by atomic mass is 28.4. The molecule has 3 atom stereocenters. The zero-order valence-corrected chi connectivity index (χ0v) is 28.5. The molecule has 3 fully saturated rings. The van der Waals surface area contributed by atoms with E-state index in [1.54, 1.807) is 25.7 Å². The minimum absolute atomic E-state index is 0.000179. The van der Waals surface area contributed by atoms with Crippen LogP contribution in [-0.2, 0) is 9.16 Å². The van der Waals surface area contributed by atoms with Gasteiger partial charge in [0.15, 0.2) is 25.7 Å². The van der Waals surface area contributed by atoms with Gasteiger partial charge in [0.2, 0.25) is 0 Å². The Morgan fingerprint density at radius 2 is 1.62 bits per heavy atom.